The molecule has 0 saturated heterocycles. The summed E-state index contributed by atoms with van der Waals surface area (Å²) in [5.41, 5.74) is 5.64. The zero-order valence-corrected chi connectivity index (χ0v) is 16.4. The van der Waals surface area contributed by atoms with Crippen LogP contribution in [0, 0.1) is 0 Å². The van der Waals surface area contributed by atoms with Gasteiger partial charge in [-0.3, -0.25) is 4.99 Å². The Morgan fingerprint density at radius 1 is 0.792 bits per heavy atom. The van der Waals surface area contributed by atoms with E-state index in [-0.39, 0.29) is 0 Å². The van der Waals surface area contributed by atoms with E-state index in [1.54, 1.807) is 0 Å². The Bertz CT molecular complexity index is 301. The van der Waals surface area contributed by atoms with E-state index in [1.807, 2.05) is 0 Å². The van der Waals surface area contributed by atoms with Crippen molar-refractivity contribution in [1.82, 2.24) is 4.90 Å². The Hall–Kier alpha value is -0.570. The van der Waals surface area contributed by atoms with Gasteiger partial charge in [0.25, 0.3) is 0 Å². The molecule has 142 valence electrons. The average Bonchev–Trinajstić information content (AvgIpc) is 3.03. The Morgan fingerprint density at radius 3 is 1.79 bits per heavy atom. The van der Waals surface area contributed by atoms with E-state index in [1.165, 1.54) is 102 Å². The molecule has 0 atom stereocenters. The standard InChI is InChI=1S/C21H43N3/c1-2-3-4-5-6-7-8-9-10-11-12-13-14-15-19-24-20-18-23-21(24)16-17-22/h2-20,22H2,1H3. The van der Waals surface area contributed by atoms with Gasteiger partial charge in [-0.25, -0.2) is 0 Å². The Labute approximate surface area is 151 Å². The van der Waals surface area contributed by atoms with Crippen LogP contribution in [0.2, 0.25) is 0 Å². The van der Waals surface area contributed by atoms with Crippen molar-refractivity contribution >= 4 is 5.84 Å². The van der Waals surface area contributed by atoms with E-state index in [9.17, 15) is 0 Å². The molecule has 0 radical (unpaired) electrons. The summed E-state index contributed by atoms with van der Waals surface area (Å²) < 4.78 is 0. The minimum absolute atomic E-state index is 0.730. The number of aliphatic imine (C=N–C) groups is 1. The van der Waals surface area contributed by atoms with Gasteiger partial charge in [0.15, 0.2) is 0 Å². The first-order valence-corrected chi connectivity index (χ1v) is 10.9. The largest absolute Gasteiger partial charge is 0.358 e. The van der Waals surface area contributed by atoms with Crippen LogP contribution in [0.4, 0.5) is 0 Å². The lowest BCUT2D eigenvalue weighted by Crippen LogP contribution is -2.30. The monoisotopic (exact) mass is 337 g/mol. The van der Waals surface area contributed by atoms with Gasteiger partial charge in [-0.1, -0.05) is 90.4 Å². The van der Waals surface area contributed by atoms with Gasteiger partial charge in [-0.2, -0.15) is 0 Å². The fourth-order valence-electron chi connectivity index (χ4n) is 3.63. The van der Waals surface area contributed by atoms with Gasteiger partial charge in [0, 0.05) is 19.5 Å². The van der Waals surface area contributed by atoms with Crippen LogP contribution in [0.5, 0.6) is 0 Å². The minimum Gasteiger partial charge on any atom is -0.358 e. The van der Waals surface area contributed by atoms with Gasteiger partial charge in [0.2, 0.25) is 0 Å². The SMILES string of the molecule is CCCCCCCCCCCCCCCCN1CCN=C1CCN. The van der Waals surface area contributed by atoms with Crippen molar-refractivity contribution in [2.24, 2.45) is 10.7 Å². The van der Waals surface area contributed by atoms with Crippen LogP contribution < -0.4 is 5.73 Å². The number of nitrogens with zero attached hydrogens (tertiary/aromatic N) is 2. The maximum absolute atomic E-state index is 5.64. The first-order chi connectivity index (χ1) is 11.9. The molecule has 0 saturated carbocycles. The predicted molar refractivity (Wildman–Crippen MR) is 108 cm³/mol. The summed E-state index contributed by atoms with van der Waals surface area (Å²) >= 11 is 0. The van der Waals surface area contributed by atoms with Crippen LogP contribution in [0.1, 0.15) is 103 Å². The molecule has 2 N–H and O–H groups in total. The van der Waals surface area contributed by atoms with Gasteiger partial charge in [0.1, 0.15) is 5.84 Å². The molecular weight excluding hydrogens is 294 g/mol. The van der Waals surface area contributed by atoms with Crippen molar-refractivity contribution in [3.63, 3.8) is 0 Å². The van der Waals surface area contributed by atoms with Gasteiger partial charge >= 0.3 is 0 Å². The number of amidine groups is 1. The van der Waals surface area contributed by atoms with Crippen LogP contribution in [-0.2, 0) is 0 Å². The maximum atomic E-state index is 5.64. The summed E-state index contributed by atoms with van der Waals surface area (Å²) in [7, 11) is 0. The second kappa shape index (κ2) is 15.9. The van der Waals surface area contributed by atoms with Gasteiger partial charge in [0.05, 0.1) is 6.54 Å². The van der Waals surface area contributed by atoms with Crippen LogP contribution in [0.25, 0.3) is 0 Å². The molecule has 0 aliphatic carbocycles. The first-order valence-electron chi connectivity index (χ1n) is 10.9. The molecule has 0 spiro atoms. The topological polar surface area (TPSA) is 41.6 Å². The molecule has 3 nitrogen and oxygen atoms in total. The quantitative estimate of drug-likeness (QED) is 0.354. The maximum Gasteiger partial charge on any atom is 0.100 e. The van der Waals surface area contributed by atoms with Crippen LogP contribution in [-0.4, -0.2) is 36.9 Å². The van der Waals surface area contributed by atoms with E-state index in [4.69, 9.17) is 5.73 Å². The molecule has 0 aromatic rings. The van der Waals surface area contributed by atoms with Crippen molar-refractivity contribution in [1.29, 1.82) is 0 Å². The summed E-state index contributed by atoms with van der Waals surface area (Å²) in [6.07, 6.45) is 20.9. The number of hydrogen-bond donors (Lipinski definition) is 1. The summed E-state index contributed by atoms with van der Waals surface area (Å²) in [4.78, 5) is 7.01. The molecule has 0 aromatic heterocycles. The minimum atomic E-state index is 0.730. The second-order valence-electron chi connectivity index (χ2n) is 7.42. The van der Waals surface area contributed by atoms with E-state index in [0.29, 0.717) is 0 Å². The van der Waals surface area contributed by atoms with Gasteiger partial charge in [-0.15, -0.1) is 0 Å². The lowest BCUT2D eigenvalue weighted by molar-refractivity contribution is 0.424. The highest BCUT2D eigenvalue weighted by Crippen LogP contribution is 2.13. The zero-order chi connectivity index (χ0) is 17.3. The van der Waals surface area contributed by atoms with E-state index in [0.717, 1.165) is 26.1 Å². The van der Waals surface area contributed by atoms with Crippen molar-refractivity contribution in [3.05, 3.63) is 0 Å². The fraction of sp³-hybridized carbons (Fsp3) is 0.952. The molecule has 0 unspecified atom stereocenters. The lowest BCUT2D eigenvalue weighted by atomic mass is 10.0. The highest BCUT2D eigenvalue weighted by atomic mass is 15.2. The molecule has 0 aromatic carbocycles. The van der Waals surface area contributed by atoms with E-state index >= 15 is 0 Å². The molecular formula is C21H43N3. The second-order valence-corrected chi connectivity index (χ2v) is 7.42. The summed E-state index contributed by atoms with van der Waals surface area (Å²) in [5.74, 6) is 1.26. The normalized spacial score (nSPS) is 14.4. The Morgan fingerprint density at radius 2 is 1.29 bits per heavy atom. The van der Waals surface area contributed by atoms with E-state index < -0.39 is 0 Å². The molecule has 3 heteroatoms. The van der Waals surface area contributed by atoms with Crippen LogP contribution in [0.15, 0.2) is 4.99 Å². The number of rotatable bonds is 17. The Balaban J connectivity index is 1.77. The molecule has 1 aliphatic rings. The summed E-state index contributed by atoms with van der Waals surface area (Å²) in [6, 6.07) is 0. The molecule has 0 fully saturated rings. The smallest absolute Gasteiger partial charge is 0.100 e. The van der Waals surface area contributed by atoms with Crippen molar-refractivity contribution in [2.75, 3.05) is 26.2 Å². The first kappa shape index (κ1) is 21.5. The average molecular weight is 338 g/mol. The number of unbranched alkanes of at least 4 members (excludes halogenated alkanes) is 13. The number of nitrogens with two attached hydrogens (primary N) is 1. The molecule has 1 rings (SSSR count). The van der Waals surface area contributed by atoms with E-state index in [2.05, 4.69) is 16.8 Å². The fourth-order valence-corrected chi connectivity index (χ4v) is 3.63. The highest BCUT2D eigenvalue weighted by molar-refractivity contribution is 5.83. The van der Waals surface area contributed by atoms with Crippen LogP contribution >= 0.6 is 0 Å². The molecule has 24 heavy (non-hydrogen) atoms. The molecule has 0 bridgehead atoms. The van der Waals surface area contributed by atoms with Crippen molar-refractivity contribution in [2.45, 2.75) is 103 Å². The van der Waals surface area contributed by atoms with Crippen LogP contribution in [0.3, 0.4) is 0 Å². The van der Waals surface area contributed by atoms with Gasteiger partial charge < -0.3 is 10.6 Å². The summed E-state index contributed by atoms with van der Waals surface area (Å²) in [6.45, 7) is 6.31. The molecule has 0 amide bonds. The lowest BCUT2D eigenvalue weighted by Gasteiger charge is -2.19. The van der Waals surface area contributed by atoms with Crippen molar-refractivity contribution in [3.8, 4) is 0 Å². The third kappa shape index (κ3) is 11.1. The Kier molecular flexibility index (Phi) is 14.3. The molecule has 1 aliphatic heterocycles. The third-order valence-corrected chi connectivity index (χ3v) is 5.18. The zero-order valence-electron chi connectivity index (χ0n) is 16.4. The van der Waals surface area contributed by atoms with Gasteiger partial charge in [-0.05, 0) is 13.0 Å². The number of hydrogen-bond acceptors (Lipinski definition) is 3. The molecule has 1 heterocycles. The van der Waals surface area contributed by atoms with Crippen molar-refractivity contribution < 1.29 is 0 Å². The third-order valence-electron chi connectivity index (χ3n) is 5.18. The predicted octanol–water partition coefficient (Wildman–Crippen LogP) is 5.53. The summed E-state index contributed by atoms with van der Waals surface area (Å²) in [5, 5.41) is 0. The highest BCUT2D eigenvalue weighted by Gasteiger charge is 2.14.